The van der Waals surface area contributed by atoms with E-state index in [1.807, 2.05) is 0 Å². The van der Waals surface area contributed by atoms with Gasteiger partial charge >= 0.3 is 0 Å². The fourth-order valence-corrected chi connectivity index (χ4v) is 5.98. The summed E-state index contributed by atoms with van der Waals surface area (Å²) in [6.07, 6.45) is 13.7. The van der Waals surface area contributed by atoms with Crippen molar-refractivity contribution in [3.63, 3.8) is 0 Å². The molecule has 140 valence electrons. The number of likely N-dealkylation sites (tertiary alicyclic amines) is 2. The van der Waals surface area contributed by atoms with E-state index in [2.05, 4.69) is 40.1 Å². The van der Waals surface area contributed by atoms with Gasteiger partial charge in [0.1, 0.15) is 0 Å². The van der Waals surface area contributed by atoms with Gasteiger partial charge in [0, 0.05) is 31.6 Å². The zero-order valence-corrected chi connectivity index (χ0v) is 16.2. The molecule has 2 heteroatoms. The predicted octanol–water partition coefficient (Wildman–Crippen LogP) is 4.60. The third-order valence-corrected chi connectivity index (χ3v) is 7.55. The molecule has 3 fully saturated rings. The number of fused-ring (bicyclic) bond motifs is 1. The van der Waals surface area contributed by atoms with Gasteiger partial charge in [0.2, 0.25) is 0 Å². The van der Waals surface area contributed by atoms with Crippen LogP contribution in [0.25, 0.3) is 5.57 Å². The van der Waals surface area contributed by atoms with Crippen molar-refractivity contribution in [1.82, 2.24) is 9.80 Å². The van der Waals surface area contributed by atoms with Crippen molar-refractivity contribution in [3.05, 3.63) is 41.5 Å². The van der Waals surface area contributed by atoms with Crippen LogP contribution in [-0.4, -0.2) is 48.6 Å². The zero-order chi connectivity index (χ0) is 17.3. The lowest BCUT2D eigenvalue weighted by Crippen LogP contribution is -2.31. The van der Waals surface area contributed by atoms with Crippen molar-refractivity contribution in [2.24, 2.45) is 11.8 Å². The first-order chi connectivity index (χ1) is 12.9. The number of hydrogen-bond donors (Lipinski definition) is 0. The van der Waals surface area contributed by atoms with Crippen LogP contribution in [0.1, 0.15) is 56.1 Å². The highest BCUT2D eigenvalue weighted by atomic mass is 15.2. The Hall–Kier alpha value is -1.12. The average molecular weight is 351 g/mol. The van der Waals surface area contributed by atoms with Crippen LogP contribution >= 0.6 is 0 Å². The molecule has 0 bridgehead atoms. The highest BCUT2D eigenvalue weighted by Gasteiger charge is 2.40. The second-order valence-electron chi connectivity index (χ2n) is 9.15. The Kier molecular flexibility index (Phi) is 4.89. The van der Waals surface area contributed by atoms with Gasteiger partial charge in [0.05, 0.1) is 0 Å². The van der Waals surface area contributed by atoms with Crippen LogP contribution in [0.3, 0.4) is 0 Å². The zero-order valence-electron chi connectivity index (χ0n) is 16.2. The maximum Gasteiger partial charge on any atom is 0.00956 e. The predicted molar refractivity (Wildman–Crippen MR) is 109 cm³/mol. The molecule has 1 aromatic rings. The fourth-order valence-electron chi connectivity index (χ4n) is 5.98. The molecule has 2 aliphatic heterocycles. The SMILES string of the molecule is C1=C(c2ccc(CCN3CCCC3)cc2)[C@@H]2CN(C3CCCC3)C[C@@H]2C1. The average Bonchev–Trinajstić information content (AvgIpc) is 3.45. The Bertz CT molecular complexity index is 635. The molecular weight excluding hydrogens is 316 g/mol. The lowest BCUT2D eigenvalue weighted by molar-refractivity contribution is 0.235. The van der Waals surface area contributed by atoms with Crippen LogP contribution in [0.4, 0.5) is 0 Å². The van der Waals surface area contributed by atoms with Crippen molar-refractivity contribution >= 4 is 5.57 Å². The van der Waals surface area contributed by atoms with E-state index in [9.17, 15) is 0 Å². The van der Waals surface area contributed by atoms with E-state index in [4.69, 9.17) is 0 Å². The fraction of sp³-hybridized carbons (Fsp3) is 0.667. The maximum atomic E-state index is 2.83. The van der Waals surface area contributed by atoms with Gasteiger partial charge in [-0.15, -0.1) is 0 Å². The largest absolute Gasteiger partial charge is 0.303 e. The molecule has 2 heterocycles. The van der Waals surface area contributed by atoms with E-state index in [-0.39, 0.29) is 0 Å². The molecule has 26 heavy (non-hydrogen) atoms. The summed E-state index contributed by atoms with van der Waals surface area (Å²) in [6, 6.07) is 10.5. The molecule has 4 aliphatic rings. The van der Waals surface area contributed by atoms with Crippen LogP contribution in [0.5, 0.6) is 0 Å². The highest BCUT2D eigenvalue weighted by Crippen LogP contribution is 2.44. The summed E-state index contributed by atoms with van der Waals surface area (Å²) in [5.41, 5.74) is 4.66. The van der Waals surface area contributed by atoms with Crippen molar-refractivity contribution in [1.29, 1.82) is 0 Å². The Morgan fingerprint density at radius 1 is 0.885 bits per heavy atom. The molecule has 0 amide bonds. The summed E-state index contributed by atoms with van der Waals surface area (Å²) in [5, 5.41) is 0. The summed E-state index contributed by atoms with van der Waals surface area (Å²) in [6.45, 7) is 6.53. The van der Waals surface area contributed by atoms with Gasteiger partial charge in [0.25, 0.3) is 0 Å². The molecular formula is C24H34N2. The van der Waals surface area contributed by atoms with Crippen LogP contribution in [-0.2, 0) is 6.42 Å². The quantitative estimate of drug-likeness (QED) is 0.765. The monoisotopic (exact) mass is 350 g/mol. The van der Waals surface area contributed by atoms with Crippen molar-refractivity contribution < 1.29 is 0 Å². The first-order valence-electron chi connectivity index (χ1n) is 11.1. The first kappa shape index (κ1) is 17.0. The molecule has 2 saturated heterocycles. The second kappa shape index (κ2) is 7.48. The minimum atomic E-state index is 0.797. The standard InChI is InChI=1S/C24H34N2/c1-2-6-22(5-1)26-17-21-11-12-23(24(21)18-26)20-9-7-19(8-10-20)13-16-25-14-3-4-15-25/h7-10,12,21-22,24H,1-6,11,13-18H2/t21-,24+/m0/s1. The third kappa shape index (κ3) is 3.39. The maximum absolute atomic E-state index is 2.83. The highest BCUT2D eigenvalue weighted by molar-refractivity contribution is 5.70. The molecule has 1 saturated carbocycles. The van der Waals surface area contributed by atoms with E-state index in [1.54, 1.807) is 5.57 Å². The van der Waals surface area contributed by atoms with Gasteiger partial charge in [0.15, 0.2) is 0 Å². The summed E-state index contributed by atoms with van der Waals surface area (Å²) in [7, 11) is 0. The van der Waals surface area contributed by atoms with Crippen LogP contribution in [0.15, 0.2) is 30.3 Å². The normalized spacial score (nSPS) is 30.2. The van der Waals surface area contributed by atoms with E-state index >= 15 is 0 Å². The van der Waals surface area contributed by atoms with E-state index in [0.717, 1.165) is 17.9 Å². The lowest BCUT2D eigenvalue weighted by atomic mass is 9.90. The van der Waals surface area contributed by atoms with Crippen molar-refractivity contribution in [2.75, 3.05) is 32.7 Å². The van der Waals surface area contributed by atoms with Crippen molar-refractivity contribution in [2.45, 2.75) is 57.4 Å². The Morgan fingerprint density at radius 3 is 2.42 bits per heavy atom. The smallest absolute Gasteiger partial charge is 0.00956 e. The molecule has 0 unspecified atom stereocenters. The Morgan fingerprint density at radius 2 is 1.65 bits per heavy atom. The molecule has 2 aliphatic carbocycles. The van der Waals surface area contributed by atoms with Crippen LogP contribution in [0, 0.1) is 11.8 Å². The minimum Gasteiger partial charge on any atom is -0.303 e. The third-order valence-electron chi connectivity index (χ3n) is 7.55. The molecule has 5 rings (SSSR count). The summed E-state index contributed by atoms with van der Waals surface area (Å²) < 4.78 is 0. The summed E-state index contributed by atoms with van der Waals surface area (Å²) >= 11 is 0. The van der Waals surface area contributed by atoms with Gasteiger partial charge in [-0.3, -0.25) is 4.90 Å². The number of rotatable bonds is 5. The summed E-state index contributed by atoms with van der Waals surface area (Å²) in [4.78, 5) is 5.45. The number of benzene rings is 1. The van der Waals surface area contributed by atoms with E-state index in [1.165, 1.54) is 95.2 Å². The Balaban J connectivity index is 1.21. The van der Waals surface area contributed by atoms with Gasteiger partial charge in [-0.05, 0) is 74.2 Å². The van der Waals surface area contributed by atoms with E-state index < -0.39 is 0 Å². The molecule has 0 spiro atoms. The first-order valence-corrected chi connectivity index (χ1v) is 11.1. The van der Waals surface area contributed by atoms with Crippen LogP contribution < -0.4 is 0 Å². The Labute approximate surface area is 159 Å². The van der Waals surface area contributed by atoms with Gasteiger partial charge in [-0.1, -0.05) is 43.2 Å². The molecule has 1 aromatic carbocycles. The molecule has 0 aromatic heterocycles. The molecule has 0 radical (unpaired) electrons. The van der Waals surface area contributed by atoms with Gasteiger partial charge in [-0.25, -0.2) is 0 Å². The van der Waals surface area contributed by atoms with Gasteiger partial charge < -0.3 is 4.90 Å². The molecule has 2 atom stereocenters. The van der Waals surface area contributed by atoms with Crippen LogP contribution in [0.2, 0.25) is 0 Å². The van der Waals surface area contributed by atoms with E-state index in [0.29, 0.717) is 0 Å². The molecule has 2 nitrogen and oxygen atoms in total. The minimum absolute atomic E-state index is 0.797. The van der Waals surface area contributed by atoms with Crippen molar-refractivity contribution in [3.8, 4) is 0 Å². The van der Waals surface area contributed by atoms with Gasteiger partial charge in [-0.2, -0.15) is 0 Å². The topological polar surface area (TPSA) is 6.48 Å². The summed E-state index contributed by atoms with van der Waals surface area (Å²) in [5.74, 6) is 1.69. The number of hydrogen-bond acceptors (Lipinski definition) is 2. The number of allylic oxidation sites excluding steroid dienone is 1. The number of nitrogens with zero attached hydrogens (tertiary/aromatic N) is 2. The molecule has 0 N–H and O–H groups in total. The lowest BCUT2D eigenvalue weighted by Gasteiger charge is -2.24. The second-order valence-corrected chi connectivity index (χ2v) is 9.15.